The van der Waals surface area contributed by atoms with Crippen molar-refractivity contribution in [1.82, 2.24) is 0 Å². The summed E-state index contributed by atoms with van der Waals surface area (Å²) in [6.45, 7) is 5.49. The molecule has 0 saturated carbocycles. The molecule has 0 fully saturated rings. The van der Waals surface area contributed by atoms with Gasteiger partial charge in [-0.2, -0.15) is 0 Å². The molecule has 0 amide bonds. The van der Waals surface area contributed by atoms with Crippen LogP contribution in [0, 0.1) is 6.92 Å². The first kappa shape index (κ1) is 22.4. The Kier molecular flexibility index (Phi) is 8.21. The van der Waals surface area contributed by atoms with Gasteiger partial charge in [0.15, 0.2) is 6.61 Å². The van der Waals surface area contributed by atoms with Crippen molar-refractivity contribution in [2.24, 2.45) is 0 Å². The van der Waals surface area contributed by atoms with E-state index in [0.29, 0.717) is 29.9 Å². The number of hydrogen-bond acceptors (Lipinski definition) is 8. The lowest BCUT2D eigenvalue weighted by Crippen LogP contribution is -2.19. The highest BCUT2D eigenvalue weighted by Gasteiger charge is 2.15. The van der Waals surface area contributed by atoms with E-state index in [2.05, 4.69) is 0 Å². The predicted molar refractivity (Wildman–Crippen MR) is 105 cm³/mol. The molecule has 0 saturated heterocycles. The van der Waals surface area contributed by atoms with Gasteiger partial charge in [0.05, 0.1) is 12.7 Å². The fourth-order valence-electron chi connectivity index (χ4n) is 2.70. The molecule has 0 aliphatic rings. The van der Waals surface area contributed by atoms with Crippen LogP contribution < -0.4 is 10.4 Å². The molecule has 0 atom stereocenters. The van der Waals surface area contributed by atoms with Crippen molar-refractivity contribution < 1.29 is 33.0 Å². The summed E-state index contributed by atoms with van der Waals surface area (Å²) in [5, 5.41) is 0.726. The van der Waals surface area contributed by atoms with Crippen molar-refractivity contribution in [2.45, 2.75) is 39.7 Å². The topological polar surface area (TPSA) is 101 Å². The number of rotatable bonds is 10. The van der Waals surface area contributed by atoms with Gasteiger partial charge in [-0.25, -0.2) is 9.59 Å². The molecule has 1 aromatic heterocycles. The number of esters is 2. The second kappa shape index (κ2) is 10.6. The first-order valence-electron chi connectivity index (χ1n) is 9.34. The van der Waals surface area contributed by atoms with Gasteiger partial charge in [-0.15, -0.1) is 0 Å². The van der Waals surface area contributed by atoms with Crippen molar-refractivity contribution in [1.29, 1.82) is 0 Å². The third-order valence-electron chi connectivity index (χ3n) is 3.99. The lowest BCUT2D eigenvalue weighted by molar-refractivity contribution is -0.150. The summed E-state index contributed by atoms with van der Waals surface area (Å²) in [7, 11) is 1.53. The molecule has 0 radical (unpaired) electrons. The van der Waals surface area contributed by atoms with Crippen LogP contribution >= 0.6 is 0 Å². The Morgan fingerprint density at radius 1 is 1.10 bits per heavy atom. The molecule has 0 aliphatic carbocycles. The van der Waals surface area contributed by atoms with Crippen LogP contribution in [0.5, 0.6) is 5.75 Å². The normalized spacial score (nSPS) is 10.9. The second-order valence-corrected chi connectivity index (χ2v) is 6.75. The highest BCUT2D eigenvalue weighted by Crippen LogP contribution is 2.28. The molecular weight excluding hydrogens is 380 g/mol. The molecule has 29 heavy (non-hydrogen) atoms. The van der Waals surface area contributed by atoms with Crippen LogP contribution in [0.1, 0.15) is 31.4 Å². The van der Waals surface area contributed by atoms with E-state index in [9.17, 15) is 14.4 Å². The summed E-state index contributed by atoms with van der Waals surface area (Å²) < 4.78 is 25.8. The van der Waals surface area contributed by atoms with Crippen molar-refractivity contribution in [3.8, 4) is 5.75 Å². The number of carbonyl (C=O) groups excluding carboxylic acids is 2. The third kappa shape index (κ3) is 6.90. The quantitative estimate of drug-likeness (QED) is 0.337. The lowest BCUT2D eigenvalue weighted by atomic mass is 10.0. The van der Waals surface area contributed by atoms with E-state index in [1.54, 1.807) is 32.9 Å². The monoisotopic (exact) mass is 406 g/mol. The summed E-state index contributed by atoms with van der Waals surface area (Å²) in [6.07, 6.45) is 0.192. The van der Waals surface area contributed by atoms with Crippen molar-refractivity contribution >= 4 is 22.9 Å². The average molecular weight is 406 g/mol. The number of benzene rings is 1. The molecule has 0 bridgehead atoms. The van der Waals surface area contributed by atoms with Gasteiger partial charge in [0, 0.05) is 31.0 Å². The van der Waals surface area contributed by atoms with E-state index < -0.39 is 11.6 Å². The third-order valence-corrected chi connectivity index (χ3v) is 3.99. The zero-order valence-electron chi connectivity index (χ0n) is 17.1. The highest BCUT2D eigenvalue weighted by atomic mass is 16.6. The Morgan fingerprint density at radius 2 is 1.86 bits per heavy atom. The van der Waals surface area contributed by atoms with Crippen LogP contribution in [0.25, 0.3) is 11.0 Å². The largest absolute Gasteiger partial charge is 0.481 e. The number of hydrogen-bond donors (Lipinski definition) is 0. The van der Waals surface area contributed by atoms with E-state index in [4.69, 9.17) is 23.4 Å². The first-order valence-corrected chi connectivity index (χ1v) is 9.34. The van der Waals surface area contributed by atoms with Crippen LogP contribution in [0.2, 0.25) is 0 Å². The minimum Gasteiger partial charge on any atom is -0.481 e. The molecule has 0 unspecified atom stereocenters. The van der Waals surface area contributed by atoms with Crippen LogP contribution in [0.15, 0.2) is 27.4 Å². The van der Waals surface area contributed by atoms with Gasteiger partial charge in [-0.1, -0.05) is 0 Å². The Morgan fingerprint density at radius 3 is 2.55 bits per heavy atom. The lowest BCUT2D eigenvalue weighted by Gasteiger charge is -2.14. The Labute approximate surface area is 168 Å². The van der Waals surface area contributed by atoms with E-state index in [1.807, 2.05) is 0 Å². The summed E-state index contributed by atoms with van der Waals surface area (Å²) in [5.74, 6) is -0.545. The van der Waals surface area contributed by atoms with E-state index in [0.717, 1.165) is 10.9 Å². The maximum Gasteiger partial charge on any atom is 0.344 e. The minimum absolute atomic E-state index is 0.123. The van der Waals surface area contributed by atoms with Gasteiger partial charge < -0.3 is 23.4 Å². The van der Waals surface area contributed by atoms with Crippen LogP contribution in [-0.4, -0.2) is 45.0 Å². The first-order chi connectivity index (χ1) is 13.8. The number of ether oxygens (including phenoxy) is 4. The molecule has 0 spiro atoms. The summed E-state index contributed by atoms with van der Waals surface area (Å²) in [4.78, 5) is 35.4. The molecule has 0 aliphatic heterocycles. The molecular formula is C21H26O8. The van der Waals surface area contributed by atoms with Gasteiger partial charge in [0.2, 0.25) is 0 Å². The van der Waals surface area contributed by atoms with E-state index in [1.165, 1.54) is 13.2 Å². The number of fused-ring (bicyclic) bond motifs is 1. The Bertz CT molecular complexity index is 913. The zero-order valence-corrected chi connectivity index (χ0v) is 17.1. The van der Waals surface area contributed by atoms with Gasteiger partial charge in [-0.05, 0) is 44.4 Å². The second-order valence-electron chi connectivity index (χ2n) is 6.75. The van der Waals surface area contributed by atoms with Crippen molar-refractivity contribution in [2.75, 3.05) is 26.9 Å². The van der Waals surface area contributed by atoms with Gasteiger partial charge in [0.25, 0.3) is 0 Å². The van der Waals surface area contributed by atoms with E-state index >= 15 is 0 Å². The number of aryl methyl sites for hydroxylation is 2. The molecule has 2 rings (SSSR count). The predicted octanol–water partition coefficient (Wildman–Crippen LogP) is 2.55. The fourth-order valence-corrected chi connectivity index (χ4v) is 2.70. The SMILES string of the molecule is COCCOC(=O)CCc1cc2c(C)cc(=O)oc2cc1OCC(=O)OC(C)C. The standard InChI is InChI=1S/C21H26O8/c1-13(2)28-21(24)12-27-17-11-18-16(14(3)9-20(23)29-18)10-15(17)5-6-19(22)26-8-7-25-4/h9-11,13H,5-8,12H2,1-4H3. The van der Waals surface area contributed by atoms with Crippen LogP contribution in [0.4, 0.5) is 0 Å². The fraction of sp³-hybridized carbons (Fsp3) is 0.476. The summed E-state index contributed by atoms with van der Waals surface area (Å²) >= 11 is 0. The maximum absolute atomic E-state index is 11.9. The van der Waals surface area contributed by atoms with E-state index in [-0.39, 0.29) is 31.7 Å². The summed E-state index contributed by atoms with van der Waals surface area (Å²) in [5.41, 5.74) is 1.30. The minimum atomic E-state index is -0.518. The molecule has 1 heterocycles. The smallest absolute Gasteiger partial charge is 0.344 e. The molecule has 2 aromatic rings. The molecule has 1 aromatic carbocycles. The molecule has 0 N–H and O–H groups in total. The van der Waals surface area contributed by atoms with Crippen LogP contribution in [-0.2, 0) is 30.2 Å². The highest BCUT2D eigenvalue weighted by molar-refractivity contribution is 5.83. The van der Waals surface area contributed by atoms with Crippen LogP contribution in [0.3, 0.4) is 0 Å². The molecule has 8 nitrogen and oxygen atoms in total. The summed E-state index contributed by atoms with van der Waals surface area (Å²) in [6, 6.07) is 4.74. The van der Waals surface area contributed by atoms with Gasteiger partial charge in [-0.3, -0.25) is 4.79 Å². The van der Waals surface area contributed by atoms with Crippen molar-refractivity contribution in [3.05, 3.63) is 39.7 Å². The zero-order chi connectivity index (χ0) is 21.4. The van der Waals surface area contributed by atoms with Crippen molar-refractivity contribution in [3.63, 3.8) is 0 Å². The number of methoxy groups -OCH3 is 1. The molecule has 158 valence electrons. The Hall–Kier alpha value is -2.87. The van der Waals surface area contributed by atoms with Gasteiger partial charge >= 0.3 is 17.6 Å². The maximum atomic E-state index is 11.9. The number of carbonyl (C=O) groups is 2. The Balaban J connectivity index is 2.23. The average Bonchev–Trinajstić information content (AvgIpc) is 2.64. The molecule has 8 heteroatoms. The van der Waals surface area contributed by atoms with Gasteiger partial charge in [0.1, 0.15) is 17.9 Å².